The van der Waals surface area contributed by atoms with Crippen LogP contribution in [0.2, 0.25) is 5.02 Å². The Kier molecular flexibility index (Phi) is 4.11. The van der Waals surface area contributed by atoms with Crippen molar-refractivity contribution in [2.45, 2.75) is 32.1 Å². The van der Waals surface area contributed by atoms with Crippen molar-refractivity contribution < 1.29 is 9.84 Å². The van der Waals surface area contributed by atoms with E-state index in [9.17, 15) is 5.11 Å². The third-order valence-corrected chi connectivity index (χ3v) is 5.13. The number of aliphatic hydroxyl groups excluding tert-OH is 1. The van der Waals surface area contributed by atoms with E-state index in [2.05, 4.69) is 9.97 Å². The predicted octanol–water partition coefficient (Wildman–Crippen LogP) is 3.31. The van der Waals surface area contributed by atoms with Crippen LogP contribution in [0.5, 0.6) is 0 Å². The molecular formula is C18H19ClN4O2. The summed E-state index contributed by atoms with van der Waals surface area (Å²) in [4.78, 5) is 8.58. The van der Waals surface area contributed by atoms with Gasteiger partial charge in [0.2, 0.25) is 0 Å². The Labute approximate surface area is 150 Å². The molecule has 0 saturated carbocycles. The van der Waals surface area contributed by atoms with Gasteiger partial charge in [-0.3, -0.25) is 0 Å². The van der Waals surface area contributed by atoms with Crippen LogP contribution in [-0.2, 0) is 4.74 Å². The first-order valence-electron chi connectivity index (χ1n) is 8.22. The number of nitrogens with two attached hydrogens (primary N) is 1. The number of halogens is 1. The number of hydrogen-bond donors (Lipinski definition) is 2. The van der Waals surface area contributed by atoms with Gasteiger partial charge in [-0.1, -0.05) is 17.7 Å². The SMILES string of the molecule is Cc1cc(-c2cn(C3CCC(CO)O3)c3ncnc(N)c23)ccc1Cl. The third-order valence-electron chi connectivity index (χ3n) is 4.71. The zero-order valence-electron chi connectivity index (χ0n) is 13.8. The Morgan fingerprint density at radius 1 is 1.36 bits per heavy atom. The Balaban J connectivity index is 1.89. The first-order chi connectivity index (χ1) is 12.1. The van der Waals surface area contributed by atoms with Crippen LogP contribution in [0.4, 0.5) is 5.82 Å². The van der Waals surface area contributed by atoms with Gasteiger partial charge >= 0.3 is 0 Å². The van der Waals surface area contributed by atoms with Gasteiger partial charge in [-0.15, -0.1) is 0 Å². The fourth-order valence-corrected chi connectivity index (χ4v) is 3.50. The molecule has 1 aliphatic rings. The highest BCUT2D eigenvalue weighted by molar-refractivity contribution is 6.31. The molecule has 4 rings (SSSR count). The van der Waals surface area contributed by atoms with E-state index in [1.54, 1.807) is 0 Å². The quantitative estimate of drug-likeness (QED) is 0.750. The fourth-order valence-electron chi connectivity index (χ4n) is 3.38. The minimum Gasteiger partial charge on any atom is -0.394 e. The molecule has 3 aromatic rings. The molecule has 0 bridgehead atoms. The summed E-state index contributed by atoms with van der Waals surface area (Å²) in [7, 11) is 0. The van der Waals surface area contributed by atoms with Crippen molar-refractivity contribution in [1.29, 1.82) is 0 Å². The summed E-state index contributed by atoms with van der Waals surface area (Å²) in [6.45, 7) is 1.99. The lowest BCUT2D eigenvalue weighted by atomic mass is 10.0. The molecule has 1 saturated heterocycles. The summed E-state index contributed by atoms with van der Waals surface area (Å²) < 4.78 is 7.92. The topological polar surface area (TPSA) is 86.2 Å². The highest BCUT2D eigenvalue weighted by Gasteiger charge is 2.28. The monoisotopic (exact) mass is 358 g/mol. The number of anilines is 1. The van der Waals surface area contributed by atoms with E-state index in [4.69, 9.17) is 22.1 Å². The number of nitrogens with zero attached hydrogens (tertiary/aromatic N) is 3. The normalized spacial score (nSPS) is 20.4. The van der Waals surface area contributed by atoms with Crippen molar-refractivity contribution in [3.63, 3.8) is 0 Å². The maximum Gasteiger partial charge on any atom is 0.148 e. The Morgan fingerprint density at radius 2 is 2.20 bits per heavy atom. The van der Waals surface area contributed by atoms with Crippen molar-refractivity contribution in [1.82, 2.24) is 14.5 Å². The number of rotatable bonds is 3. The molecule has 2 unspecified atom stereocenters. The van der Waals surface area contributed by atoms with E-state index in [1.165, 1.54) is 6.33 Å². The number of hydrogen-bond acceptors (Lipinski definition) is 5. The molecule has 3 heterocycles. The molecule has 0 spiro atoms. The maximum absolute atomic E-state index is 9.34. The van der Waals surface area contributed by atoms with Crippen molar-refractivity contribution in [2.75, 3.05) is 12.3 Å². The van der Waals surface area contributed by atoms with E-state index >= 15 is 0 Å². The Hall–Kier alpha value is -2.15. The number of nitrogen functional groups attached to an aromatic ring is 1. The maximum atomic E-state index is 9.34. The first-order valence-corrected chi connectivity index (χ1v) is 8.60. The second-order valence-corrected chi connectivity index (χ2v) is 6.75. The Morgan fingerprint density at radius 3 is 2.92 bits per heavy atom. The molecule has 7 heteroatoms. The molecule has 0 amide bonds. The van der Waals surface area contributed by atoms with Crippen LogP contribution in [0.3, 0.4) is 0 Å². The van der Waals surface area contributed by atoms with Gasteiger partial charge in [0.05, 0.1) is 18.1 Å². The summed E-state index contributed by atoms with van der Waals surface area (Å²) in [5.41, 5.74) is 9.84. The average Bonchev–Trinajstić information content (AvgIpc) is 3.22. The zero-order valence-corrected chi connectivity index (χ0v) is 14.6. The van der Waals surface area contributed by atoms with E-state index in [-0.39, 0.29) is 18.9 Å². The second kappa shape index (κ2) is 6.29. The number of fused-ring (bicyclic) bond motifs is 1. The van der Waals surface area contributed by atoms with Crippen LogP contribution >= 0.6 is 11.6 Å². The van der Waals surface area contributed by atoms with E-state index < -0.39 is 0 Å². The molecule has 3 N–H and O–H groups in total. The molecule has 1 aliphatic heterocycles. The summed E-state index contributed by atoms with van der Waals surface area (Å²) in [6, 6.07) is 5.87. The zero-order chi connectivity index (χ0) is 17.6. The molecule has 2 aromatic heterocycles. The van der Waals surface area contributed by atoms with Gasteiger partial charge in [0, 0.05) is 16.8 Å². The number of aryl methyl sites for hydroxylation is 1. The predicted molar refractivity (Wildman–Crippen MR) is 97.4 cm³/mol. The lowest BCUT2D eigenvalue weighted by Gasteiger charge is -2.14. The molecule has 6 nitrogen and oxygen atoms in total. The number of benzene rings is 1. The fraction of sp³-hybridized carbons (Fsp3) is 0.333. The van der Waals surface area contributed by atoms with Gasteiger partial charge in [-0.25, -0.2) is 9.97 Å². The summed E-state index contributed by atoms with van der Waals surface area (Å²) in [6.07, 6.45) is 4.79. The Bertz CT molecular complexity index is 940. The minimum atomic E-state index is -0.170. The van der Waals surface area contributed by atoms with Gasteiger partial charge in [0.15, 0.2) is 0 Å². The van der Waals surface area contributed by atoms with Crippen LogP contribution in [-0.4, -0.2) is 32.4 Å². The molecule has 1 aromatic carbocycles. The van der Waals surface area contributed by atoms with Crippen LogP contribution in [0.1, 0.15) is 24.6 Å². The van der Waals surface area contributed by atoms with Crippen LogP contribution < -0.4 is 5.73 Å². The lowest BCUT2D eigenvalue weighted by molar-refractivity contribution is -0.0204. The van der Waals surface area contributed by atoms with Crippen LogP contribution in [0, 0.1) is 6.92 Å². The minimum absolute atomic E-state index is 0.0239. The van der Waals surface area contributed by atoms with Crippen molar-refractivity contribution in [3.05, 3.63) is 41.3 Å². The van der Waals surface area contributed by atoms with Gasteiger partial charge in [0.25, 0.3) is 0 Å². The largest absolute Gasteiger partial charge is 0.394 e. The highest BCUT2D eigenvalue weighted by Crippen LogP contribution is 2.38. The van der Waals surface area contributed by atoms with Gasteiger partial charge in [0.1, 0.15) is 24.0 Å². The van der Waals surface area contributed by atoms with Gasteiger partial charge in [-0.2, -0.15) is 0 Å². The molecular weight excluding hydrogens is 340 g/mol. The molecule has 130 valence electrons. The van der Waals surface area contributed by atoms with Gasteiger partial charge < -0.3 is 20.1 Å². The standard InChI is InChI=1S/C18H19ClN4O2/c1-10-6-11(2-4-14(10)19)13-7-23(15-5-3-12(8-24)25-15)18-16(13)17(20)21-9-22-18/h2,4,6-7,9,12,15,24H,3,5,8H2,1H3,(H2,20,21,22). The third kappa shape index (κ3) is 2.76. The lowest BCUT2D eigenvalue weighted by Crippen LogP contribution is -2.14. The van der Waals surface area contributed by atoms with Crippen molar-refractivity contribution in [3.8, 4) is 11.1 Å². The first kappa shape index (κ1) is 16.3. The molecule has 25 heavy (non-hydrogen) atoms. The second-order valence-electron chi connectivity index (χ2n) is 6.34. The van der Waals surface area contributed by atoms with E-state index in [1.807, 2.05) is 35.9 Å². The van der Waals surface area contributed by atoms with Crippen molar-refractivity contribution in [2.24, 2.45) is 0 Å². The van der Waals surface area contributed by atoms with E-state index in [0.29, 0.717) is 5.82 Å². The van der Waals surface area contributed by atoms with Crippen molar-refractivity contribution >= 4 is 28.5 Å². The summed E-state index contributed by atoms with van der Waals surface area (Å²) >= 11 is 6.16. The highest BCUT2D eigenvalue weighted by atomic mass is 35.5. The smallest absolute Gasteiger partial charge is 0.148 e. The summed E-state index contributed by atoms with van der Waals surface area (Å²) in [5.74, 6) is 0.433. The average molecular weight is 359 g/mol. The van der Waals surface area contributed by atoms with E-state index in [0.717, 1.165) is 45.6 Å². The molecule has 0 radical (unpaired) electrons. The molecule has 2 atom stereocenters. The number of aliphatic hydroxyl groups is 1. The summed E-state index contributed by atoms with van der Waals surface area (Å²) in [5, 5.41) is 10.9. The number of aromatic nitrogens is 3. The molecule has 1 fully saturated rings. The van der Waals surface area contributed by atoms with Crippen LogP contribution in [0.25, 0.3) is 22.2 Å². The molecule has 0 aliphatic carbocycles. The van der Waals surface area contributed by atoms with Crippen LogP contribution in [0.15, 0.2) is 30.7 Å². The number of ether oxygens (including phenoxy) is 1. The van der Waals surface area contributed by atoms with Gasteiger partial charge in [-0.05, 0) is 43.0 Å².